The Labute approximate surface area is 249 Å². The zero-order valence-electron chi connectivity index (χ0n) is 23.5. The van der Waals surface area contributed by atoms with Crippen LogP contribution in [0.4, 0.5) is 0 Å². The Balaban J connectivity index is 1.40. The molecule has 200 valence electrons. The lowest BCUT2D eigenvalue weighted by atomic mass is 9.84. The van der Waals surface area contributed by atoms with Gasteiger partial charge in [0.15, 0.2) is 0 Å². The van der Waals surface area contributed by atoms with Gasteiger partial charge in [-0.2, -0.15) is 0 Å². The highest BCUT2D eigenvalue weighted by atomic mass is 15.0. The van der Waals surface area contributed by atoms with E-state index >= 15 is 0 Å². The largest absolute Gasteiger partial charge is 0.309 e. The Morgan fingerprint density at radius 1 is 0.279 bits per heavy atom. The van der Waals surface area contributed by atoms with E-state index in [2.05, 4.69) is 168 Å². The molecule has 0 saturated carbocycles. The van der Waals surface area contributed by atoms with E-state index in [1.807, 2.05) is 0 Å². The van der Waals surface area contributed by atoms with Gasteiger partial charge >= 0.3 is 0 Å². The number of para-hydroxylation sites is 2. The number of nitrogens with zero attached hydrogens (tertiary/aromatic N) is 1. The summed E-state index contributed by atoms with van der Waals surface area (Å²) >= 11 is 0. The summed E-state index contributed by atoms with van der Waals surface area (Å²) in [5.74, 6) is 0. The number of hydrogen-bond acceptors (Lipinski definition) is 0. The van der Waals surface area contributed by atoms with Crippen LogP contribution in [-0.2, 0) is 0 Å². The van der Waals surface area contributed by atoms with Crippen molar-refractivity contribution in [2.24, 2.45) is 0 Å². The molecule has 0 aliphatic carbocycles. The quantitative estimate of drug-likeness (QED) is 0.195. The standard InChI is InChI=1S/C42H27N/c1-2-14-28(15-3-1)41-34-18-4-6-20-36(34)42(37-21-7-5-19-35(37)41)33-24-12-23-30-29(33)22-13-27-40(30)43-38-25-10-8-16-31(38)32-17-9-11-26-39(32)43/h1-27H. The fraction of sp³-hybridized carbons (Fsp3) is 0. The molecular weight excluding hydrogens is 518 g/mol. The maximum absolute atomic E-state index is 2.44. The van der Waals surface area contributed by atoms with Crippen LogP contribution in [0.25, 0.3) is 82.1 Å². The Bertz CT molecular complexity index is 2390. The lowest BCUT2D eigenvalue weighted by Crippen LogP contribution is -1.96. The van der Waals surface area contributed by atoms with Crippen molar-refractivity contribution < 1.29 is 0 Å². The van der Waals surface area contributed by atoms with Gasteiger partial charge in [0, 0.05) is 16.2 Å². The van der Waals surface area contributed by atoms with Gasteiger partial charge in [0.2, 0.25) is 0 Å². The predicted molar refractivity (Wildman–Crippen MR) is 184 cm³/mol. The van der Waals surface area contributed by atoms with Crippen molar-refractivity contribution in [3.63, 3.8) is 0 Å². The molecule has 9 aromatic rings. The van der Waals surface area contributed by atoms with Crippen molar-refractivity contribution in [3.05, 3.63) is 164 Å². The molecule has 1 heterocycles. The van der Waals surface area contributed by atoms with Gasteiger partial charge in [0.25, 0.3) is 0 Å². The summed E-state index contributed by atoms with van der Waals surface area (Å²) in [6, 6.07) is 59.7. The third-order valence-corrected chi connectivity index (χ3v) is 8.98. The van der Waals surface area contributed by atoms with E-state index in [4.69, 9.17) is 0 Å². The predicted octanol–water partition coefficient (Wildman–Crippen LogP) is 11.6. The van der Waals surface area contributed by atoms with Crippen LogP contribution in [0.5, 0.6) is 0 Å². The molecule has 0 bridgehead atoms. The third kappa shape index (κ3) is 3.52. The molecule has 0 N–H and O–H groups in total. The molecular formula is C42H27N. The van der Waals surface area contributed by atoms with E-state index < -0.39 is 0 Å². The van der Waals surface area contributed by atoms with Crippen LogP contribution < -0.4 is 0 Å². The van der Waals surface area contributed by atoms with Gasteiger partial charge in [-0.25, -0.2) is 0 Å². The lowest BCUT2D eigenvalue weighted by molar-refractivity contribution is 1.20. The highest BCUT2D eigenvalue weighted by Gasteiger charge is 2.19. The summed E-state index contributed by atoms with van der Waals surface area (Å²) in [7, 11) is 0. The lowest BCUT2D eigenvalue weighted by Gasteiger charge is -2.19. The van der Waals surface area contributed by atoms with Crippen LogP contribution >= 0.6 is 0 Å². The molecule has 0 amide bonds. The van der Waals surface area contributed by atoms with Crippen LogP contribution in [-0.4, -0.2) is 4.57 Å². The first-order chi connectivity index (χ1) is 21.4. The molecule has 0 radical (unpaired) electrons. The fourth-order valence-electron chi connectivity index (χ4n) is 7.22. The molecule has 0 aliphatic rings. The van der Waals surface area contributed by atoms with Gasteiger partial charge < -0.3 is 4.57 Å². The molecule has 0 unspecified atom stereocenters. The SMILES string of the molecule is c1ccc(-c2c3ccccc3c(-c3cccc4c(-n5c6ccccc6c6ccccc65)cccc34)c3ccccc23)cc1. The van der Waals surface area contributed by atoms with E-state index in [1.165, 1.54) is 82.1 Å². The summed E-state index contributed by atoms with van der Waals surface area (Å²) in [6.45, 7) is 0. The summed E-state index contributed by atoms with van der Waals surface area (Å²) in [5.41, 5.74) is 8.73. The van der Waals surface area contributed by atoms with Crippen molar-refractivity contribution in [3.8, 4) is 27.9 Å². The van der Waals surface area contributed by atoms with E-state index in [0.717, 1.165) is 0 Å². The monoisotopic (exact) mass is 545 g/mol. The minimum atomic E-state index is 1.20. The average Bonchev–Trinajstić information content (AvgIpc) is 3.41. The Morgan fingerprint density at radius 3 is 1.33 bits per heavy atom. The van der Waals surface area contributed by atoms with Crippen LogP contribution in [0.3, 0.4) is 0 Å². The minimum Gasteiger partial charge on any atom is -0.309 e. The topological polar surface area (TPSA) is 4.93 Å². The Morgan fingerprint density at radius 2 is 0.721 bits per heavy atom. The molecule has 1 nitrogen and oxygen atoms in total. The number of fused-ring (bicyclic) bond motifs is 6. The van der Waals surface area contributed by atoms with E-state index in [0.29, 0.717) is 0 Å². The number of aromatic nitrogens is 1. The second kappa shape index (κ2) is 9.44. The Hall–Kier alpha value is -5.66. The third-order valence-electron chi connectivity index (χ3n) is 8.98. The summed E-state index contributed by atoms with van der Waals surface area (Å²) in [6.07, 6.45) is 0. The molecule has 0 atom stereocenters. The van der Waals surface area contributed by atoms with E-state index in [-0.39, 0.29) is 0 Å². The maximum atomic E-state index is 2.44. The van der Waals surface area contributed by atoms with Gasteiger partial charge in [-0.3, -0.25) is 0 Å². The molecule has 1 heteroatoms. The van der Waals surface area contributed by atoms with E-state index in [1.54, 1.807) is 0 Å². The van der Waals surface area contributed by atoms with Crippen LogP contribution in [0.2, 0.25) is 0 Å². The van der Waals surface area contributed by atoms with Gasteiger partial charge in [-0.15, -0.1) is 0 Å². The normalized spacial score (nSPS) is 11.7. The van der Waals surface area contributed by atoms with Gasteiger partial charge in [-0.1, -0.05) is 146 Å². The number of hydrogen-bond donors (Lipinski definition) is 0. The van der Waals surface area contributed by atoms with Crippen molar-refractivity contribution >= 4 is 54.1 Å². The smallest absolute Gasteiger partial charge is 0.0541 e. The van der Waals surface area contributed by atoms with E-state index in [9.17, 15) is 0 Å². The summed E-state index contributed by atoms with van der Waals surface area (Å²) in [4.78, 5) is 0. The molecule has 0 fully saturated rings. The molecule has 0 aliphatic heterocycles. The van der Waals surface area contributed by atoms with Crippen molar-refractivity contribution in [2.45, 2.75) is 0 Å². The van der Waals surface area contributed by atoms with Gasteiger partial charge in [0.1, 0.15) is 0 Å². The zero-order valence-corrected chi connectivity index (χ0v) is 23.5. The molecule has 9 rings (SSSR count). The first-order valence-corrected chi connectivity index (χ1v) is 14.9. The van der Waals surface area contributed by atoms with Crippen LogP contribution in [0.1, 0.15) is 0 Å². The maximum Gasteiger partial charge on any atom is 0.0541 e. The highest BCUT2D eigenvalue weighted by Crippen LogP contribution is 2.46. The summed E-state index contributed by atoms with van der Waals surface area (Å²) < 4.78 is 2.44. The second-order valence-corrected chi connectivity index (χ2v) is 11.3. The Kier molecular flexibility index (Phi) is 5.27. The molecule has 8 aromatic carbocycles. The van der Waals surface area contributed by atoms with Gasteiger partial charge in [-0.05, 0) is 67.4 Å². The van der Waals surface area contributed by atoms with Crippen molar-refractivity contribution in [1.29, 1.82) is 0 Å². The first kappa shape index (κ1) is 24.0. The molecule has 1 aromatic heterocycles. The molecule has 0 saturated heterocycles. The first-order valence-electron chi connectivity index (χ1n) is 14.9. The fourth-order valence-corrected chi connectivity index (χ4v) is 7.22. The van der Waals surface area contributed by atoms with Crippen LogP contribution in [0, 0.1) is 0 Å². The van der Waals surface area contributed by atoms with Crippen molar-refractivity contribution in [1.82, 2.24) is 4.57 Å². The minimum absolute atomic E-state index is 1.20. The zero-order chi connectivity index (χ0) is 28.3. The number of benzene rings is 8. The highest BCUT2D eigenvalue weighted by molar-refractivity contribution is 6.24. The molecule has 0 spiro atoms. The molecule has 43 heavy (non-hydrogen) atoms. The van der Waals surface area contributed by atoms with Gasteiger partial charge in [0.05, 0.1) is 16.7 Å². The summed E-state index contributed by atoms with van der Waals surface area (Å²) in [5, 5.41) is 10.1. The number of rotatable bonds is 3. The van der Waals surface area contributed by atoms with Crippen LogP contribution in [0.15, 0.2) is 164 Å². The van der Waals surface area contributed by atoms with Crippen molar-refractivity contribution in [2.75, 3.05) is 0 Å². The second-order valence-electron chi connectivity index (χ2n) is 11.3. The average molecular weight is 546 g/mol.